The first-order chi connectivity index (χ1) is 38.6. The first-order valence-electron chi connectivity index (χ1n) is 26.1. The third kappa shape index (κ3) is 15.6. The Balaban J connectivity index is 0.761. The van der Waals surface area contributed by atoms with Gasteiger partial charge >= 0.3 is 12.0 Å². The summed E-state index contributed by atoms with van der Waals surface area (Å²) in [5.74, 6) is -3.94. The Kier molecular flexibility index (Phi) is 21.4. The SMILES string of the molecule is CC[C@@]1(O)C(=O)OCc2c1cc1n(c2=O)Cc2c-1nc1cc(F)c(C)cc1c2CNC(=O)NCCOCNC(=O)CNC(=O)[C@H](Cc1ccccc1)NCCNC(=O)CNC(=O)CCOCCOCCOCCN1C(=O)C=CC1=O. The number of aliphatic hydroxyl groups is 1. The van der Waals surface area contributed by atoms with Gasteiger partial charge in [-0.1, -0.05) is 37.3 Å². The van der Waals surface area contributed by atoms with Crippen molar-refractivity contribution in [3.05, 3.63) is 110 Å². The maximum absolute atomic E-state index is 14.9. The molecule has 0 unspecified atom stereocenters. The number of esters is 1. The summed E-state index contributed by atoms with van der Waals surface area (Å²) in [6.07, 6.45) is 2.68. The quantitative estimate of drug-likeness (QED) is 0.0118. The molecule has 0 fully saturated rings. The fourth-order valence-electron chi connectivity index (χ4n) is 8.92. The van der Waals surface area contributed by atoms with Gasteiger partial charge in [0.2, 0.25) is 23.6 Å². The number of nitrogens with one attached hydrogen (secondary N) is 7. The number of nitrogens with zero attached hydrogens (tertiary/aromatic N) is 3. The number of pyridine rings is 2. The largest absolute Gasteiger partial charge is 0.458 e. The van der Waals surface area contributed by atoms with Crippen molar-refractivity contribution >= 4 is 58.3 Å². The Morgan fingerprint density at radius 2 is 1.48 bits per heavy atom. The van der Waals surface area contributed by atoms with Crippen LogP contribution in [0, 0.1) is 12.7 Å². The van der Waals surface area contributed by atoms with Gasteiger partial charge in [0.25, 0.3) is 17.4 Å². The normalized spacial score (nSPS) is 15.4. The molecule has 0 spiro atoms. The lowest BCUT2D eigenvalue weighted by atomic mass is 9.86. The molecule has 80 heavy (non-hydrogen) atoms. The Hall–Kier alpha value is -8.01. The number of ether oxygens (including phenoxy) is 5. The van der Waals surface area contributed by atoms with Crippen molar-refractivity contribution in [3.8, 4) is 11.4 Å². The van der Waals surface area contributed by atoms with E-state index in [4.69, 9.17) is 28.7 Å². The Bertz CT molecular complexity index is 3030. The Labute approximate surface area is 458 Å². The molecule has 4 aromatic rings. The van der Waals surface area contributed by atoms with Crippen LogP contribution in [0.3, 0.4) is 0 Å². The van der Waals surface area contributed by atoms with E-state index in [9.17, 15) is 52.6 Å². The van der Waals surface area contributed by atoms with Crippen molar-refractivity contribution in [2.24, 2.45) is 0 Å². The maximum Gasteiger partial charge on any atom is 0.343 e. The van der Waals surface area contributed by atoms with Crippen molar-refractivity contribution in [2.45, 2.75) is 64.4 Å². The molecule has 26 heteroatoms. The standard InChI is InChI=1S/C54H65FN10O15/c1-3-54(75)39-25-43-49-37(30-65(43)51(72)38(39)31-80-52(54)73)36(35-23-33(2)40(55)26-41(35)63-49)27-61-53(74)58-14-17-79-32-62-46(68)29-60-50(71)42(24-34-7-5-4-6-8-34)56-12-13-57-45(67)28-59-44(66)11-16-76-19-21-78-22-20-77-18-15-64-47(69)9-10-48(64)70/h4-10,23,25-26,42,56,75H,3,11-22,24,27-32H2,1-2H3,(H,57,67)(H,59,66)(H,60,71)(H,62,68)(H2,58,61,74)/t42-,54-/m0/s1. The van der Waals surface area contributed by atoms with Crippen LogP contribution in [0.5, 0.6) is 0 Å². The van der Waals surface area contributed by atoms with Gasteiger partial charge in [-0.15, -0.1) is 0 Å². The van der Waals surface area contributed by atoms with Crippen LogP contribution in [0.15, 0.2) is 65.5 Å². The fourth-order valence-corrected chi connectivity index (χ4v) is 8.92. The number of aromatic nitrogens is 2. The van der Waals surface area contributed by atoms with Crippen molar-refractivity contribution in [2.75, 3.05) is 92.2 Å². The summed E-state index contributed by atoms with van der Waals surface area (Å²) in [6.45, 7) is 3.89. The minimum Gasteiger partial charge on any atom is -0.458 e. The smallest absolute Gasteiger partial charge is 0.343 e. The first-order valence-corrected chi connectivity index (χ1v) is 26.1. The Morgan fingerprint density at radius 3 is 2.21 bits per heavy atom. The maximum atomic E-state index is 14.9. The third-order valence-electron chi connectivity index (χ3n) is 13.3. The molecule has 428 valence electrons. The molecule has 0 aliphatic carbocycles. The summed E-state index contributed by atoms with van der Waals surface area (Å²) in [4.78, 5) is 119. The lowest BCUT2D eigenvalue weighted by Crippen LogP contribution is -2.50. The van der Waals surface area contributed by atoms with Gasteiger partial charge < -0.3 is 70.6 Å². The summed E-state index contributed by atoms with van der Waals surface area (Å²) >= 11 is 0. The van der Waals surface area contributed by atoms with Crippen LogP contribution in [0.2, 0.25) is 0 Å². The molecule has 3 aliphatic heterocycles. The second kappa shape index (κ2) is 28.7. The minimum atomic E-state index is -2.03. The van der Waals surface area contributed by atoms with Crippen LogP contribution in [0.25, 0.3) is 22.3 Å². The number of fused-ring (bicyclic) bond motifs is 5. The number of hydrogen-bond donors (Lipinski definition) is 8. The van der Waals surface area contributed by atoms with E-state index in [1.807, 2.05) is 30.3 Å². The average Bonchev–Trinajstić information content (AvgIpc) is 4.21. The molecule has 2 atom stereocenters. The summed E-state index contributed by atoms with van der Waals surface area (Å²) in [5, 5.41) is 30.8. The highest BCUT2D eigenvalue weighted by Crippen LogP contribution is 2.40. The number of cyclic esters (lactones) is 1. The van der Waals surface area contributed by atoms with Gasteiger partial charge in [0.05, 0.1) is 101 Å². The molecule has 2 aromatic heterocycles. The van der Waals surface area contributed by atoms with E-state index in [1.165, 1.54) is 22.8 Å². The predicted octanol–water partition coefficient (Wildman–Crippen LogP) is -0.669. The molecule has 0 saturated heterocycles. The zero-order chi connectivity index (χ0) is 57.2. The molecular formula is C54H65FN10O15. The van der Waals surface area contributed by atoms with Crippen molar-refractivity contribution in [3.63, 3.8) is 0 Å². The van der Waals surface area contributed by atoms with Crippen molar-refractivity contribution < 1.29 is 71.5 Å². The van der Waals surface area contributed by atoms with E-state index in [1.54, 1.807) is 26.0 Å². The third-order valence-corrected chi connectivity index (χ3v) is 13.3. The molecule has 0 bridgehead atoms. The molecular weight excluding hydrogens is 1050 g/mol. The molecule has 0 radical (unpaired) electrons. The summed E-state index contributed by atoms with van der Waals surface area (Å²) in [6, 6.07) is 12.3. The van der Waals surface area contributed by atoms with Gasteiger partial charge in [0, 0.05) is 67.3 Å². The number of carbonyl (C=O) groups excluding carboxylic acids is 8. The summed E-state index contributed by atoms with van der Waals surface area (Å²) in [7, 11) is 0. The number of imide groups is 1. The van der Waals surface area contributed by atoms with Crippen molar-refractivity contribution in [1.29, 1.82) is 0 Å². The summed E-state index contributed by atoms with van der Waals surface area (Å²) in [5.41, 5.74) is 1.12. The zero-order valence-electron chi connectivity index (χ0n) is 44.4. The lowest BCUT2D eigenvalue weighted by Gasteiger charge is -2.31. The number of benzene rings is 2. The monoisotopic (exact) mass is 1110 g/mol. The van der Waals surface area contributed by atoms with E-state index in [-0.39, 0.29) is 160 Å². The van der Waals surface area contributed by atoms with E-state index < -0.39 is 58.6 Å². The van der Waals surface area contributed by atoms with Crippen molar-refractivity contribution in [1.82, 2.24) is 51.7 Å². The van der Waals surface area contributed by atoms with E-state index in [2.05, 4.69) is 37.2 Å². The average molecular weight is 1110 g/mol. The number of aryl methyl sites for hydroxylation is 1. The molecule has 8 amide bonds. The van der Waals surface area contributed by atoms with Gasteiger partial charge in [0.1, 0.15) is 19.2 Å². The Morgan fingerprint density at radius 1 is 0.775 bits per heavy atom. The van der Waals surface area contributed by atoms with Gasteiger partial charge in [-0.05, 0) is 48.6 Å². The van der Waals surface area contributed by atoms with Gasteiger partial charge in [0.15, 0.2) is 5.60 Å². The predicted molar refractivity (Wildman–Crippen MR) is 282 cm³/mol. The minimum absolute atomic E-state index is 0.0000791. The van der Waals surface area contributed by atoms with Gasteiger partial charge in [-0.25, -0.2) is 19.0 Å². The van der Waals surface area contributed by atoms with Crippen LogP contribution < -0.4 is 42.8 Å². The van der Waals surface area contributed by atoms with Crippen LogP contribution in [-0.2, 0) is 89.0 Å². The number of urea groups is 1. The first kappa shape index (κ1) is 59.6. The number of amides is 8. The molecule has 25 nitrogen and oxygen atoms in total. The van der Waals surface area contributed by atoms with Gasteiger partial charge in [-0.2, -0.15) is 0 Å². The van der Waals surface area contributed by atoms with Crippen LogP contribution in [0.1, 0.15) is 53.1 Å². The highest BCUT2D eigenvalue weighted by molar-refractivity contribution is 6.12. The number of rotatable bonds is 31. The number of halogens is 1. The molecule has 0 saturated carbocycles. The van der Waals surface area contributed by atoms with E-state index >= 15 is 0 Å². The molecule has 5 heterocycles. The number of hydrogen-bond acceptors (Lipinski definition) is 17. The van der Waals surface area contributed by atoms with Gasteiger partial charge in [-0.3, -0.25) is 38.5 Å². The lowest BCUT2D eigenvalue weighted by molar-refractivity contribution is -0.172. The molecule has 8 N–H and O–H groups in total. The van der Waals surface area contributed by atoms with Crippen LogP contribution >= 0.6 is 0 Å². The second-order valence-electron chi connectivity index (χ2n) is 18.7. The van der Waals surface area contributed by atoms with Crippen LogP contribution in [-0.4, -0.2) is 165 Å². The highest BCUT2D eigenvalue weighted by atomic mass is 19.1. The molecule has 7 rings (SSSR count). The van der Waals surface area contributed by atoms with E-state index in [0.29, 0.717) is 33.5 Å². The summed E-state index contributed by atoms with van der Waals surface area (Å²) < 4.78 is 43.2. The highest BCUT2D eigenvalue weighted by Gasteiger charge is 2.45. The number of carbonyl (C=O) groups is 8. The van der Waals surface area contributed by atoms with E-state index in [0.717, 1.165) is 10.5 Å². The topological polar surface area (TPSA) is 325 Å². The molecule has 2 aromatic carbocycles. The van der Waals surface area contributed by atoms with Crippen LogP contribution in [0.4, 0.5) is 9.18 Å². The fraction of sp³-hybridized carbons (Fsp3) is 0.444. The molecule has 3 aliphatic rings. The zero-order valence-corrected chi connectivity index (χ0v) is 44.4. The second-order valence-corrected chi connectivity index (χ2v) is 18.7.